The van der Waals surface area contributed by atoms with Gasteiger partial charge in [-0.25, -0.2) is 4.98 Å². The smallest absolute Gasteiger partial charge is 0.254 e. The first-order chi connectivity index (χ1) is 12.6. The summed E-state index contributed by atoms with van der Waals surface area (Å²) in [4.78, 5) is 25.9. The predicted octanol–water partition coefficient (Wildman–Crippen LogP) is 1.30. The van der Waals surface area contributed by atoms with Crippen LogP contribution in [0.2, 0.25) is 0 Å². The second-order valence-corrected chi connectivity index (χ2v) is 7.98. The summed E-state index contributed by atoms with van der Waals surface area (Å²) in [7, 11) is 0. The van der Waals surface area contributed by atoms with Crippen LogP contribution in [0.3, 0.4) is 0 Å². The number of carbonyl (C=O) groups is 1. The summed E-state index contributed by atoms with van der Waals surface area (Å²) in [5, 5.41) is 4.29. The monoisotopic (exact) mass is 427 g/mol. The highest BCUT2D eigenvalue weighted by Crippen LogP contribution is 2.48. The van der Waals surface area contributed by atoms with Crippen molar-refractivity contribution in [2.24, 2.45) is 23.5 Å². The molecular weight excluding hydrogens is 401 g/mol. The molecule has 2 aromatic heterocycles. The van der Waals surface area contributed by atoms with E-state index in [0.717, 1.165) is 44.1 Å². The Hall–Kier alpha value is -1.64. The minimum atomic E-state index is 0. The highest BCUT2D eigenvalue weighted by atomic mass is 35.5. The molecular formula is C18H27Cl2N7O. The summed E-state index contributed by atoms with van der Waals surface area (Å²) in [5.41, 5.74) is 7.30. The average Bonchev–Trinajstić information content (AvgIpc) is 3.36. The van der Waals surface area contributed by atoms with E-state index in [1.54, 1.807) is 4.52 Å². The van der Waals surface area contributed by atoms with Gasteiger partial charge in [-0.1, -0.05) is 0 Å². The van der Waals surface area contributed by atoms with Crippen molar-refractivity contribution in [1.82, 2.24) is 24.5 Å². The molecule has 3 fully saturated rings. The number of hydrogen-bond acceptors (Lipinski definition) is 6. The van der Waals surface area contributed by atoms with Gasteiger partial charge in [0.1, 0.15) is 12.1 Å². The van der Waals surface area contributed by atoms with Crippen LogP contribution in [0.25, 0.3) is 5.78 Å². The summed E-state index contributed by atoms with van der Waals surface area (Å²) in [6.07, 6.45) is 5.06. The van der Waals surface area contributed by atoms with Crippen molar-refractivity contribution in [3.63, 3.8) is 0 Å². The molecule has 10 heteroatoms. The summed E-state index contributed by atoms with van der Waals surface area (Å²) >= 11 is 0. The van der Waals surface area contributed by atoms with Crippen LogP contribution < -0.4 is 10.6 Å². The highest BCUT2D eigenvalue weighted by Gasteiger charge is 2.50. The van der Waals surface area contributed by atoms with E-state index in [2.05, 4.69) is 20.0 Å². The van der Waals surface area contributed by atoms with Crippen LogP contribution >= 0.6 is 24.8 Å². The number of anilines is 1. The third kappa shape index (κ3) is 3.31. The third-order valence-corrected chi connectivity index (χ3v) is 6.54. The Morgan fingerprint density at radius 2 is 1.86 bits per heavy atom. The van der Waals surface area contributed by atoms with Gasteiger partial charge in [-0.2, -0.15) is 14.6 Å². The standard InChI is InChI=1S/C18H25N7O.2ClH/c1-11-8-14(25-18(22-11)20-10-21-25)23-4-6-24(7-5-23)17(26)15-12-2-3-13(9-12)16(15)19;;/h8,10,12-13,15-16H,2-7,9,19H2,1H3;2*1H. The van der Waals surface area contributed by atoms with E-state index in [4.69, 9.17) is 5.73 Å². The molecule has 3 aliphatic rings. The van der Waals surface area contributed by atoms with Crippen LogP contribution in [0.5, 0.6) is 0 Å². The third-order valence-electron chi connectivity index (χ3n) is 6.54. The number of nitrogens with zero attached hydrogens (tertiary/aromatic N) is 6. The molecule has 1 saturated heterocycles. The maximum Gasteiger partial charge on any atom is 0.254 e. The van der Waals surface area contributed by atoms with Crippen molar-refractivity contribution >= 4 is 42.3 Å². The number of rotatable bonds is 2. The zero-order chi connectivity index (χ0) is 17.8. The second kappa shape index (κ2) is 8.00. The largest absolute Gasteiger partial charge is 0.353 e. The Kier molecular flexibility index (Phi) is 6.03. The molecule has 2 N–H and O–H groups in total. The number of aromatic nitrogens is 4. The Labute approximate surface area is 176 Å². The Balaban J connectivity index is 0.00000112. The van der Waals surface area contributed by atoms with Crippen molar-refractivity contribution in [2.75, 3.05) is 31.1 Å². The SMILES string of the molecule is Cc1cc(N2CCN(C(=O)C3C4CCC(C4)C3N)CC2)n2ncnc2n1.Cl.Cl. The maximum atomic E-state index is 13.1. The lowest BCUT2D eigenvalue weighted by Crippen LogP contribution is -2.54. The molecule has 4 unspecified atom stereocenters. The molecule has 28 heavy (non-hydrogen) atoms. The molecule has 8 nitrogen and oxygen atoms in total. The van der Waals surface area contributed by atoms with Crippen LogP contribution in [-0.2, 0) is 4.79 Å². The lowest BCUT2D eigenvalue weighted by Gasteiger charge is -2.39. The number of aryl methyl sites for hydroxylation is 1. The molecule has 2 bridgehead atoms. The number of piperazine rings is 1. The van der Waals surface area contributed by atoms with Crippen LogP contribution in [-0.4, -0.2) is 62.6 Å². The Morgan fingerprint density at radius 1 is 1.14 bits per heavy atom. The van der Waals surface area contributed by atoms with E-state index >= 15 is 0 Å². The second-order valence-electron chi connectivity index (χ2n) is 7.98. The first kappa shape index (κ1) is 21.1. The molecule has 0 spiro atoms. The molecule has 2 aliphatic carbocycles. The summed E-state index contributed by atoms with van der Waals surface area (Å²) in [5.74, 6) is 3.01. The van der Waals surface area contributed by atoms with Gasteiger partial charge >= 0.3 is 0 Å². The molecule has 1 amide bonds. The van der Waals surface area contributed by atoms with Crippen LogP contribution in [0.1, 0.15) is 25.0 Å². The molecule has 154 valence electrons. The topological polar surface area (TPSA) is 92.7 Å². The molecule has 2 aromatic rings. The van der Waals surface area contributed by atoms with Gasteiger partial charge in [-0.05, 0) is 38.0 Å². The normalized spacial score (nSPS) is 28.9. The van der Waals surface area contributed by atoms with Gasteiger partial charge in [-0.15, -0.1) is 24.8 Å². The van der Waals surface area contributed by atoms with Crippen LogP contribution in [0.4, 0.5) is 5.82 Å². The number of hydrogen-bond donors (Lipinski definition) is 1. The predicted molar refractivity (Wildman–Crippen MR) is 111 cm³/mol. The summed E-state index contributed by atoms with van der Waals surface area (Å²) < 4.78 is 1.77. The van der Waals surface area contributed by atoms with Crippen molar-refractivity contribution in [2.45, 2.75) is 32.2 Å². The minimum Gasteiger partial charge on any atom is -0.353 e. The van der Waals surface area contributed by atoms with E-state index < -0.39 is 0 Å². The van der Waals surface area contributed by atoms with Gasteiger partial charge in [0.2, 0.25) is 5.91 Å². The van der Waals surface area contributed by atoms with Crippen molar-refractivity contribution in [3.8, 4) is 0 Å². The lowest BCUT2D eigenvalue weighted by atomic mass is 9.84. The number of halogens is 2. The van der Waals surface area contributed by atoms with E-state index in [1.807, 2.05) is 17.9 Å². The average molecular weight is 428 g/mol. The van der Waals surface area contributed by atoms with Crippen LogP contribution in [0, 0.1) is 24.7 Å². The Bertz CT molecular complexity index is 850. The zero-order valence-corrected chi connectivity index (χ0v) is 17.5. The quantitative estimate of drug-likeness (QED) is 0.775. The maximum absolute atomic E-state index is 13.1. The molecule has 1 aliphatic heterocycles. The summed E-state index contributed by atoms with van der Waals surface area (Å²) in [6, 6.07) is 2.10. The number of nitrogens with two attached hydrogens (primary N) is 1. The van der Waals surface area contributed by atoms with Gasteiger partial charge < -0.3 is 15.5 Å². The first-order valence-electron chi connectivity index (χ1n) is 9.58. The molecule has 5 rings (SSSR count). The number of carbonyl (C=O) groups excluding carboxylic acids is 1. The van der Waals surface area contributed by atoms with E-state index in [9.17, 15) is 4.79 Å². The van der Waals surface area contributed by atoms with Gasteiger partial charge in [0.15, 0.2) is 0 Å². The fourth-order valence-electron chi connectivity index (χ4n) is 5.21. The van der Waals surface area contributed by atoms with Gasteiger partial charge in [-0.3, -0.25) is 4.79 Å². The van der Waals surface area contributed by atoms with Crippen molar-refractivity contribution < 1.29 is 4.79 Å². The highest BCUT2D eigenvalue weighted by molar-refractivity contribution is 5.85. The first-order valence-corrected chi connectivity index (χ1v) is 9.58. The molecule has 4 atom stereocenters. The minimum absolute atomic E-state index is 0. The number of fused-ring (bicyclic) bond motifs is 3. The molecule has 3 heterocycles. The fourth-order valence-corrected chi connectivity index (χ4v) is 5.21. The van der Waals surface area contributed by atoms with Crippen LogP contribution in [0.15, 0.2) is 12.4 Å². The van der Waals surface area contributed by atoms with Gasteiger partial charge in [0.05, 0.1) is 5.92 Å². The van der Waals surface area contributed by atoms with Crippen molar-refractivity contribution in [1.29, 1.82) is 0 Å². The van der Waals surface area contributed by atoms with E-state index in [-0.39, 0.29) is 42.7 Å². The zero-order valence-electron chi connectivity index (χ0n) is 15.9. The van der Waals surface area contributed by atoms with E-state index in [1.165, 1.54) is 19.2 Å². The lowest BCUT2D eigenvalue weighted by molar-refractivity contribution is -0.138. The van der Waals surface area contributed by atoms with Gasteiger partial charge in [0, 0.05) is 44.0 Å². The van der Waals surface area contributed by atoms with Gasteiger partial charge in [0.25, 0.3) is 5.78 Å². The van der Waals surface area contributed by atoms with Crippen molar-refractivity contribution in [3.05, 3.63) is 18.1 Å². The fraction of sp³-hybridized carbons (Fsp3) is 0.667. The Morgan fingerprint density at radius 3 is 2.54 bits per heavy atom. The molecule has 2 saturated carbocycles. The summed E-state index contributed by atoms with van der Waals surface area (Å²) in [6.45, 7) is 5.02. The molecule has 0 radical (unpaired) electrons. The molecule has 0 aromatic carbocycles. The van der Waals surface area contributed by atoms with E-state index in [0.29, 0.717) is 17.6 Å². The number of amides is 1.